The number of alkyl halides is 3. The molecule has 9 nitrogen and oxygen atoms in total. The van der Waals surface area contributed by atoms with Gasteiger partial charge >= 0.3 is 6.18 Å². The number of nitrogens with one attached hydrogen (secondary N) is 2. The summed E-state index contributed by atoms with van der Waals surface area (Å²) in [6, 6.07) is 5.27. The van der Waals surface area contributed by atoms with Crippen molar-refractivity contribution in [1.82, 2.24) is 4.72 Å². The number of nitrogens with zero attached hydrogens (tertiary/aromatic N) is 1. The number of ether oxygens (including phenoxy) is 1. The molecule has 2 aromatic rings. The number of anilines is 2. The number of rotatable bonds is 9. The molecule has 0 aliphatic rings. The first kappa shape index (κ1) is 28.7. The predicted octanol–water partition coefficient (Wildman–Crippen LogP) is 3.46. The number of amides is 1. The lowest BCUT2D eigenvalue weighted by atomic mass is 10.2. The number of sulfonamides is 2. The van der Waals surface area contributed by atoms with Crippen molar-refractivity contribution in [1.29, 1.82) is 0 Å². The van der Waals surface area contributed by atoms with Crippen molar-refractivity contribution in [2.45, 2.75) is 31.0 Å². The first-order chi connectivity index (χ1) is 16.0. The van der Waals surface area contributed by atoms with Crippen molar-refractivity contribution < 1.29 is 39.5 Å². The van der Waals surface area contributed by atoms with Crippen molar-refractivity contribution in [3.63, 3.8) is 0 Å². The zero-order valence-electron chi connectivity index (χ0n) is 19.0. The average molecular weight is 558 g/mol. The van der Waals surface area contributed by atoms with E-state index in [4.69, 9.17) is 16.3 Å². The second kappa shape index (κ2) is 10.6. The molecular formula is C20H23ClF3N3O6S2. The van der Waals surface area contributed by atoms with Crippen LogP contribution >= 0.6 is 11.6 Å². The Hall–Kier alpha value is -2.55. The van der Waals surface area contributed by atoms with E-state index in [9.17, 15) is 34.8 Å². The van der Waals surface area contributed by atoms with E-state index in [0.29, 0.717) is 22.7 Å². The van der Waals surface area contributed by atoms with Crippen LogP contribution in [0.15, 0.2) is 41.3 Å². The average Bonchev–Trinajstić information content (AvgIpc) is 2.70. The van der Waals surface area contributed by atoms with Crippen LogP contribution in [0, 0.1) is 0 Å². The Bertz CT molecular complexity index is 1320. The summed E-state index contributed by atoms with van der Waals surface area (Å²) in [4.78, 5) is 12.5. The van der Waals surface area contributed by atoms with Crippen LogP contribution in [0.5, 0.6) is 5.75 Å². The highest BCUT2D eigenvalue weighted by molar-refractivity contribution is 7.92. The Morgan fingerprint density at radius 1 is 1.11 bits per heavy atom. The Morgan fingerprint density at radius 2 is 1.74 bits per heavy atom. The van der Waals surface area contributed by atoms with Crippen LogP contribution in [0.4, 0.5) is 24.5 Å². The van der Waals surface area contributed by atoms with Gasteiger partial charge in [-0.05, 0) is 50.2 Å². The number of halogens is 4. The SMILES string of the molecule is COc1ccc(S(=O)(=O)NC(C)C)cc1NC(=O)CN(c1cc(C(F)(F)F)ccc1Cl)S(C)(=O)=O. The highest BCUT2D eigenvalue weighted by Gasteiger charge is 2.33. The zero-order chi connectivity index (χ0) is 26.8. The summed E-state index contributed by atoms with van der Waals surface area (Å²) >= 11 is 5.95. The molecule has 2 N–H and O–H groups in total. The molecule has 0 spiro atoms. The minimum absolute atomic E-state index is 0.0600. The molecule has 0 saturated heterocycles. The molecule has 2 rings (SSSR count). The van der Waals surface area contributed by atoms with Crippen LogP contribution in [0.3, 0.4) is 0 Å². The van der Waals surface area contributed by atoms with E-state index in [1.54, 1.807) is 13.8 Å². The maximum absolute atomic E-state index is 13.1. The smallest absolute Gasteiger partial charge is 0.416 e. The number of benzene rings is 2. The van der Waals surface area contributed by atoms with Gasteiger partial charge in [-0.3, -0.25) is 9.10 Å². The van der Waals surface area contributed by atoms with Gasteiger partial charge in [0.15, 0.2) is 0 Å². The summed E-state index contributed by atoms with van der Waals surface area (Å²) in [7, 11) is -6.95. The second-order valence-electron chi connectivity index (χ2n) is 7.62. The molecule has 0 aliphatic carbocycles. The minimum Gasteiger partial charge on any atom is -0.495 e. The monoisotopic (exact) mass is 557 g/mol. The number of hydrogen-bond acceptors (Lipinski definition) is 6. The normalized spacial score (nSPS) is 12.5. The van der Waals surface area contributed by atoms with Crippen LogP contribution in [-0.4, -0.2) is 48.7 Å². The summed E-state index contributed by atoms with van der Waals surface area (Å²) in [5.74, 6) is -0.932. The van der Waals surface area contributed by atoms with Gasteiger partial charge < -0.3 is 10.1 Å². The lowest BCUT2D eigenvalue weighted by Crippen LogP contribution is -2.38. The molecule has 194 valence electrons. The number of carbonyl (C=O) groups excluding carboxylic acids is 1. The Kier molecular flexibility index (Phi) is 8.69. The van der Waals surface area contributed by atoms with Crippen LogP contribution in [0.1, 0.15) is 19.4 Å². The fraction of sp³-hybridized carbons (Fsp3) is 0.350. The molecule has 0 aromatic heterocycles. The third-order valence-electron chi connectivity index (χ3n) is 4.38. The van der Waals surface area contributed by atoms with Gasteiger partial charge in [0.1, 0.15) is 12.3 Å². The van der Waals surface area contributed by atoms with Gasteiger partial charge in [0, 0.05) is 6.04 Å². The van der Waals surface area contributed by atoms with E-state index < -0.39 is 56.0 Å². The van der Waals surface area contributed by atoms with Crippen LogP contribution in [0.2, 0.25) is 5.02 Å². The Labute approximate surface area is 206 Å². The summed E-state index contributed by atoms with van der Waals surface area (Å²) in [6.45, 7) is 2.27. The molecular weight excluding hydrogens is 535 g/mol. The number of hydrogen-bond donors (Lipinski definition) is 2. The lowest BCUT2D eigenvalue weighted by Gasteiger charge is -2.24. The number of methoxy groups -OCH3 is 1. The van der Waals surface area contributed by atoms with Crippen LogP contribution in [0.25, 0.3) is 0 Å². The van der Waals surface area contributed by atoms with Crippen molar-refractivity contribution in [3.8, 4) is 5.75 Å². The van der Waals surface area contributed by atoms with Crippen LogP contribution in [-0.2, 0) is 31.0 Å². The topological polar surface area (TPSA) is 122 Å². The molecule has 0 aliphatic heterocycles. The number of carbonyl (C=O) groups is 1. The summed E-state index contributed by atoms with van der Waals surface area (Å²) in [5.41, 5.74) is -1.82. The second-order valence-corrected chi connectivity index (χ2v) is 11.6. The van der Waals surface area contributed by atoms with Crippen molar-refractivity contribution in [2.24, 2.45) is 0 Å². The Morgan fingerprint density at radius 3 is 2.26 bits per heavy atom. The third kappa shape index (κ3) is 7.46. The van der Waals surface area contributed by atoms with E-state index in [0.717, 1.165) is 12.1 Å². The van der Waals surface area contributed by atoms with Gasteiger partial charge in [-0.2, -0.15) is 13.2 Å². The fourth-order valence-electron chi connectivity index (χ4n) is 2.91. The van der Waals surface area contributed by atoms with E-state index >= 15 is 0 Å². The summed E-state index contributed by atoms with van der Waals surface area (Å²) in [6.07, 6.45) is -4.09. The fourth-order valence-corrected chi connectivity index (χ4v) is 5.32. The first-order valence-corrected chi connectivity index (χ1v) is 13.5. The molecule has 0 atom stereocenters. The maximum Gasteiger partial charge on any atom is 0.416 e. The highest BCUT2D eigenvalue weighted by Crippen LogP contribution is 2.36. The van der Waals surface area contributed by atoms with Gasteiger partial charge in [-0.25, -0.2) is 21.6 Å². The summed E-state index contributed by atoms with van der Waals surface area (Å²) < 4.78 is 97.0. The van der Waals surface area contributed by atoms with Crippen molar-refractivity contribution in [3.05, 3.63) is 47.0 Å². The van der Waals surface area contributed by atoms with Gasteiger partial charge in [0.2, 0.25) is 26.0 Å². The third-order valence-corrected chi connectivity index (χ3v) is 7.48. The van der Waals surface area contributed by atoms with Gasteiger partial charge in [0.25, 0.3) is 0 Å². The molecule has 1 amide bonds. The largest absolute Gasteiger partial charge is 0.495 e. The van der Waals surface area contributed by atoms with Gasteiger partial charge in [0.05, 0.1) is 40.2 Å². The van der Waals surface area contributed by atoms with Crippen molar-refractivity contribution in [2.75, 3.05) is 29.5 Å². The standard InChI is InChI=1S/C20H23ClF3N3O6S2/c1-12(2)26-35(31,32)14-6-8-18(33-3)16(10-14)25-19(28)11-27(34(4,29)30)17-9-13(20(22,23)24)5-7-15(17)21/h5-10,12,26H,11H2,1-4H3,(H,25,28). The predicted molar refractivity (Wildman–Crippen MR) is 126 cm³/mol. The minimum atomic E-state index is -4.78. The molecule has 2 aromatic carbocycles. The molecule has 15 heteroatoms. The molecule has 0 bridgehead atoms. The molecule has 35 heavy (non-hydrogen) atoms. The zero-order valence-corrected chi connectivity index (χ0v) is 21.4. The molecule has 0 radical (unpaired) electrons. The maximum atomic E-state index is 13.1. The Balaban J connectivity index is 2.43. The molecule has 0 saturated carbocycles. The molecule has 0 heterocycles. The highest BCUT2D eigenvalue weighted by atomic mass is 35.5. The van der Waals surface area contributed by atoms with Crippen molar-refractivity contribution >= 4 is 48.9 Å². The van der Waals surface area contributed by atoms with Gasteiger partial charge in [-0.1, -0.05) is 11.6 Å². The van der Waals surface area contributed by atoms with E-state index in [1.165, 1.54) is 19.2 Å². The summed E-state index contributed by atoms with van der Waals surface area (Å²) in [5, 5.41) is 2.00. The molecule has 0 unspecified atom stereocenters. The van der Waals surface area contributed by atoms with E-state index in [2.05, 4.69) is 10.0 Å². The van der Waals surface area contributed by atoms with E-state index in [-0.39, 0.29) is 21.4 Å². The van der Waals surface area contributed by atoms with Crippen LogP contribution < -0.4 is 19.1 Å². The lowest BCUT2D eigenvalue weighted by molar-refractivity contribution is -0.137. The first-order valence-electron chi connectivity index (χ1n) is 9.80. The molecule has 0 fully saturated rings. The van der Waals surface area contributed by atoms with Gasteiger partial charge in [-0.15, -0.1) is 0 Å². The quantitative estimate of drug-likeness (QED) is 0.487. The van der Waals surface area contributed by atoms with E-state index in [1.807, 2.05) is 0 Å².